The van der Waals surface area contributed by atoms with Crippen LogP contribution in [-0.4, -0.2) is 31.3 Å². The van der Waals surface area contributed by atoms with Crippen molar-refractivity contribution in [2.75, 3.05) is 18.5 Å². The van der Waals surface area contributed by atoms with E-state index in [1.165, 1.54) is 4.88 Å². The third kappa shape index (κ3) is 6.69. The predicted octanol–water partition coefficient (Wildman–Crippen LogP) is 8.65. The number of carbonyl (C=O) groups excluding carboxylic acids is 2. The zero-order chi connectivity index (χ0) is 29.9. The number of hydrogen-bond donors (Lipinski definition) is 1. The Morgan fingerprint density at radius 2 is 1.86 bits per heavy atom. The third-order valence-corrected chi connectivity index (χ3v) is 9.11. The Morgan fingerprint density at radius 3 is 2.60 bits per heavy atom. The number of halogens is 1. The van der Waals surface area contributed by atoms with Gasteiger partial charge >= 0.3 is 5.97 Å². The van der Waals surface area contributed by atoms with Crippen molar-refractivity contribution in [1.29, 1.82) is 0 Å². The van der Waals surface area contributed by atoms with Crippen LogP contribution in [0.2, 0.25) is 5.02 Å². The quantitative estimate of drug-likeness (QED) is 0.162. The Kier molecular flexibility index (Phi) is 8.99. The number of carbonyl (C=O) groups is 2. The predicted molar refractivity (Wildman–Crippen MR) is 172 cm³/mol. The van der Waals surface area contributed by atoms with E-state index in [2.05, 4.69) is 26.1 Å². The third-order valence-electron chi connectivity index (χ3n) is 7.69. The molecule has 1 aliphatic rings. The molecule has 0 fully saturated rings. The first-order valence-electron chi connectivity index (χ1n) is 14.2. The summed E-state index contributed by atoms with van der Waals surface area (Å²) in [5.41, 5.74) is 3.27. The summed E-state index contributed by atoms with van der Waals surface area (Å²) in [6.45, 7) is 8.68. The monoisotopic (exact) mass is 602 g/mol. The summed E-state index contributed by atoms with van der Waals surface area (Å²) >= 11 is 7.64. The Bertz CT molecular complexity index is 1640. The number of benzene rings is 3. The molecule has 1 aliphatic carbocycles. The number of nitrogens with zero attached hydrogens (tertiary/aromatic N) is 1. The fourth-order valence-electron chi connectivity index (χ4n) is 5.36. The molecule has 0 aliphatic heterocycles. The van der Waals surface area contributed by atoms with Crippen molar-refractivity contribution in [2.45, 2.75) is 47.0 Å². The smallest absolute Gasteiger partial charge is 0.344 e. The van der Waals surface area contributed by atoms with Crippen molar-refractivity contribution in [1.82, 2.24) is 0 Å². The second-order valence-electron chi connectivity index (χ2n) is 11.5. The molecule has 1 atom stereocenters. The molecule has 1 N–H and O–H groups in total. The van der Waals surface area contributed by atoms with Gasteiger partial charge in [-0.3, -0.25) is 4.79 Å². The number of fused-ring (bicyclic) bond motifs is 2. The van der Waals surface area contributed by atoms with Crippen LogP contribution in [0.5, 0.6) is 5.75 Å². The molecule has 0 unspecified atom stereocenters. The highest BCUT2D eigenvalue weighted by molar-refractivity contribution is 7.16. The lowest BCUT2D eigenvalue weighted by Crippen LogP contribution is -2.27. The molecule has 42 heavy (non-hydrogen) atoms. The van der Waals surface area contributed by atoms with Crippen LogP contribution in [0.3, 0.4) is 0 Å². The van der Waals surface area contributed by atoms with E-state index in [1.807, 2.05) is 36.4 Å². The second kappa shape index (κ2) is 12.7. The van der Waals surface area contributed by atoms with Crippen molar-refractivity contribution < 1.29 is 19.1 Å². The van der Waals surface area contributed by atoms with Crippen LogP contribution in [-0.2, 0) is 22.4 Å². The van der Waals surface area contributed by atoms with Crippen LogP contribution >= 0.6 is 22.9 Å². The highest BCUT2D eigenvalue weighted by atomic mass is 35.5. The Labute approximate surface area is 255 Å². The summed E-state index contributed by atoms with van der Waals surface area (Å²) in [5.74, 6) is 0.419. The largest absolute Gasteiger partial charge is 0.481 e. The van der Waals surface area contributed by atoms with Gasteiger partial charge in [0.25, 0.3) is 5.91 Å². The van der Waals surface area contributed by atoms with Crippen LogP contribution in [0, 0.1) is 11.3 Å². The van der Waals surface area contributed by atoms with Gasteiger partial charge in [0.2, 0.25) is 0 Å². The van der Waals surface area contributed by atoms with Crippen LogP contribution in [0.15, 0.2) is 65.7 Å². The van der Waals surface area contributed by atoms with Crippen molar-refractivity contribution in [3.8, 4) is 5.75 Å². The maximum absolute atomic E-state index is 13.8. The van der Waals surface area contributed by atoms with Gasteiger partial charge in [0, 0.05) is 27.4 Å². The van der Waals surface area contributed by atoms with Gasteiger partial charge in [0.1, 0.15) is 10.8 Å². The number of amides is 1. The summed E-state index contributed by atoms with van der Waals surface area (Å²) in [5, 5.41) is 6.26. The van der Waals surface area contributed by atoms with E-state index in [-0.39, 0.29) is 24.5 Å². The molecule has 1 amide bonds. The minimum absolute atomic E-state index is 0.172. The number of rotatable bonds is 8. The number of thiophene rings is 1. The SMILES string of the molecule is CCOC(=O)COc1ccc2ccccc2c1C=Nc1sc2c(c1C(=O)Nc1ccc(Cl)cc1)CC[C@@H](C(C)(C)C)C2. The van der Waals surface area contributed by atoms with Crippen molar-refractivity contribution >= 4 is 62.5 Å². The molecule has 0 radical (unpaired) electrons. The van der Waals surface area contributed by atoms with Crippen LogP contribution in [0.4, 0.5) is 10.7 Å². The molecule has 0 saturated carbocycles. The van der Waals surface area contributed by atoms with Crippen LogP contribution in [0.25, 0.3) is 10.8 Å². The van der Waals surface area contributed by atoms with Gasteiger partial charge in [-0.2, -0.15) is 0 Å². The molecule has 6 nitrogen and oxygen atoms in total. The summed E-state index contributed by atoms with van der Waals surface area (Å²) in [6.07, 6.45) is 4.52. The molecule has 1 aromatic heterocycles. The van der Waals surface area contributed by atoms with Crippen molar-refractivity contribution in [3.05, 3.63) is 87.3 Å². The zero-order valence-corrected chi connectivity index (χ0v) is 25.9. The maximum Gasteiger partial charge on any atom is 0.344 e. The van der Waals surface area contributed by atoms with E-state index < -0.39 is 5.97 Å². The van der Waals surface area contributed by atoms with Gasteiger partial charge in [0.05, 0.1) is 12.2 Å². The van der Waals surface area contributed by atoms with E-state index in [9.17, 15) is 9.59 Å². The molecule has 4 aromatic rings. The average Bonchev–Trinajstić information content (AvgIpc) is 3.33. The van der Waals surface area contributed by atoms with E-state index in [1.54, 1.807) is 48.7 Å². The molecule has 218 valence electrons. The molecule has 0 spiro atoms. The van der Waals surface area contributed by atoms with Gasteiger partial charge < -0.3 is 14.8 Å². The first-order valence-corrected chi connectivity index (χ1v) is 15.4. The zero-order valence-electron chi connectivity index (χ0n) is 24.3. The number of hydrogen-bond acceptors (Lipinski definition) is 6. The van der Waals surface area contributed by atoms with Gasteiger partial charge in [-0.25, -0.2) is 9.79 Å². The molecule has 0 bridgehead atoms. The topological polar surface area (TPSA) is 77.0 Å². The lowest BCUT2D eigenvalue weighted by molar-refractivity contribution is -0.145. The summed E-state index contributed by atoms with van der Waals surface area (Å²) < 4.78 is 10.9. The second-order valence-corrected chi connectivity index (χ2v) is 13.0. The molecule has 3 aromatic carbocycles. The fourth-order valence-corrected chi connectivity index (χ4v) is 6.75. The van der Waals surface area contributed by atoms with E-state index in [0.29, 0.717) is 32.9 Å². The van der Waals surface area contributed by atoms with E-state index in [0.717, 1.165) is 41.2 Å². The summed E-state index contributed by atoms with van der Waals surface area (Å²) in [7, 11) is 0. The molecule has 5 rings (SSSR count). The number of ether oxygens (including phenoxy) is 2. The average molecular weight is 603 g/mol. The minimum Gasteiger partial charge on any atom is -0.481 e. The van der Waals surface area contributed by atoms with Gasteiger partial charge in [-0.1, -0.05) is 62.7 Å². The summed E-state index contributed by atoms with van der Waals surface area (Å²) in [4.78, 5) is 32.0. The van der Waals surface area contributed by atoms with Crippen LogP contribution < -0.4 is 10.1 Å². The number of nitrogens with one attached hydrogen (secondary N) is 1. The van der Waals surface area contributed by atoms with Gasteiger partial charge in [-0.05, 0) is 84.2 Å². The van der Waals surface area contributed by atoms with Crippen molar-refractivity contribution in [3.63, 3.8) is 0 Å². The highest BCUT2D eigenvalue weighted by Gasteiger charge is 2.33. The molecule has 0 saturated heterocycles. The van der Waals surface area contributed by atoms with Gasteiger partial charge in [0.15, 0.2) is 6.61 Å². The number of anilines is 1. The maximum atomic E-state index is 13.8. The normalized spacial score (nSPS) is 15.0. The van der Waals surface area contributed by atoms with Crippen LogP contribution in [0.1, 0.15) is 60.5 Å². The molecule has 8 heteroatoms. The minimum atomic E-state index is -0.436. The van der Waals surface area contributed by atoms with E-state index in [4.69, 9.17) is 26.1 Å². The molecular formula is C34H35ClN2O4S. The standard InChI is InChI=1S/C34H35ClN2O4S/c1-5-40-30(38)20-41-28-17-10-21-8-6-7-9-25(21)27(28)19-36-33-31(32(39)37-24-14-12-23(35)13-15-24)26-16-11-22(34(2,3)4)18-29(26)42-33/h6-10,12-15,17,19,22H,5,11,16,18,20H2,1-4H3,(H,37,39)/t22-/m1/s1. The molecule has 1 heterocycles. The Morgan fingerprint density at radius 1 is 1.10 bits per heavy atom. The Hall–Kier alpha value is -3.68. The Balaban J connectivity index is 1.55. The highest BCUT2D eigenvalue weighted by Crippen LogP contribution is 2.45. The first-order chi connectivity index (χ1) is 20.1. The fraction of sp³-hybridized carbons (Fsp3) is 0.324. The lowest BCUT2D eigenvalue weighted by atomic mass is 9.72. The molecular weight excluding hydrogens is 568 g/mol. The summed E-state index contributed by atoms with van der Waals surface area (Å²) in [6, 6.07) is 18.8. The number of aliphatic imine (C=N–C) groups is 1. The number of esters is 1. The van der Waals surface area contributed by atoms with Gasteiger partial charge in [-0.15, -0.1) is 11.3 Å². The van der Waals surface area contributed by atoms with Crippen molar-refractivity contribution in [2.24, 2.45) is 16.3 Å². The lowest BCUT2D eigenvalue weighted by Gasteiger charge is -2.33. The first kappa shape index (κ1) is 29.8. The van der Waals surface area contributed by atoms with E-state index >= 15 is 0 Å².